The lowest BCUT2D eigenvalue weighted by Crippen LogP contribution is -2.17. The number of imidazole rings is 1. The minimum absolute atomic E-state index is 0.414. The molecule has 1 aliphatic heterocycles. The van der Waals surface area contributed by atoms with Gasteiger partial charge in [0.05, 0.1) is 12.7 Å². The second kappa shape index (κ2) is 4.45. The average molecular weight is 259 g/mol. The SMILES string of the molecule is CC1CC(C(Br)Cc2ncc[nH]2)CO1. The smallest absolute Gasteiger partial charge is 0.107 e. The van der Waals surface area contributed by atoms with E-state index in [1.807, 2.05) is 6.20 Å². The van der Waals surface area contributed by atoms with Crippen LogP contribution in [0.5, 0.6) is 0 Å². The third-order valence-corrected chi connectivity index (χ3v) is 3.76. The van der Waals surface area contributed by atoms with E-state index in [4.69, 9.17) is 4.74 Å². The van der Waals surface area contributed by atoms with E-state index in [1.54, 1.807) is 6.20 Å². The Morgan fingerprint density at radius 1 is 1.79 bits per heavy atom. The van der Waals surface area contributed by atoms with Crippen LogP contribution in [0.25, 0.3) is 0 Å². The van der Waals surface area contributed by atoms with Crippen LogP contribution >= 0.6 is 15.9 Å². The molecule has 4 heteroatoms. The van der Waals surface area contributed by atoms with Gasteiger partial charge in [-0.1, -0.05) is 15.9 Å². The number of hydrogen-bond donors (Lipinski definition) is 1. The molecule has 3 nitrogen and oxygen atoms in total. The Bertz CT molecular complexity index is 276. The van der Waals surface area contributed by atoms with Crippen molar-refractivity contribution < 1.29 is 4.74 Å². The quantitative estimate of drug-likeness (QED) is 0.844. The third kappa shape index (κ3) is 2.36. The summed E-state index contributed by atoms with van der Waals surface area (Å²) in [7, 11) is 0. The van der Waals surface area contributed by atoms with Crippen LogP contribution in [0, 0.1) is 5.92 Å². The fourth-order valence-electron chi connectivity index (χ4n) is 1.86. The molecule has 0 radical (unpaired) electrons. The van der Waals surface area contributed by atoms with Crippen LogP contribution in [0.1, 0.15) is 19.2 Å². The summed E-state index contributed by atoms with van der Waals surface area (Å²) in [5.41, 5.74) is 0. The summed E-state index contributed by atoms with van der Waals surface area (Å²) in [6.07, 6.45) is 6.17. The molecule has 0 spiro atoms. The number of aromatic amines is 1. The lowest BCUT2D eigenvalue weighted by atomic mass is 10.00. The summed E-state index contributed by atoms with van der Waals surface area (Å²) in [6.45, 7) is 3.00. The molecule has 3 atom stereocenters. The number of hydrogen-bond acceptors (Lipinski definition) is 2. The maximum Gasteiger partial charge on any atom is 0.107 e. The van der Waals surface area contributed by atoms with Gasteiger partial charge in [0.1, 0.15) is 5.82 Å². The van der Waals surface area contributed by atoms with Crippen molar-refractivity contribution >= 4 is 15.9 Å². The van der Waals surface area contributed by atoms with Crippen LogP contribution < -0.4 is 0 Å². The maximum absolute atomic E-state index is 5.55. The van der Waals surface area contributed by atoms with Crippen LogP contribution in [0.4, 0.5) is 0 Å². The molecule has 3 unspecified atom stereocenters. The standard InChI is InChI=1S/C10H15BrN2O/c1-7-4-8(6-14-7)9(11)5-10-12-2-3-13-10/h2-3,7-9H,4-6H2,1H3,(H,12,13). The van der Waals surface area contributed by atoms with Gasteiger partial charge in [-0.05, 0) is 19.3 Å². The number of ether oxygens (including phenoxy) is 1. The Hall–Kier alpha value is -0.350. The zero-order valence-corrected chi connectivity index (χ0v) is 9.83. The predicted molar refractivity (Wildman–Crippen MR) is 58.5 cm³/mol. The van der Waals surface area contributed by atoms with Gasteiger partial charge in [0, 0.05) is 23.6 Å². The summed E-state index contributed by atoms with van der Waals surface area (Å²) in [6, 6.07) is 0. The van der Waals surface area contributed by atoms with Gasteiger partial charge in [-0.25, -0.2) is 4.98 Å². The minimum Gasteiger partial charge on any atom is -0.378 e. The summed E-state index contributed by atoms with van der Waals surface area (Å²) >= 11 is 3.71. The highest BCUT2D eigenvalue weighted by Gasteiger charge is 2.28. The molecule has 0 aliphatic carbocycles. The first-order chi connectivity index (χ1) is 6.75. The Labute approximate surface area is 92.4 Å². The predicted octanol–water partition coefficient (Wildman–Crippen LogP) is 2.14. The zero-order chi connectivity index (χ0) is 9.97. The molecule has 0 amide bonds. The molecule has 0 aromatic carbocycles. The van der Waals surface area contributed by atoms with Gasteiger partial charge in [-0.2, -0.15) is 0 Å². The van der Waals surface area contributed by atoms with Crippen molar-refractivity contribution in [1.82, 2.24) is 9.97 Å². The number of nitrogens with one attached hydrogen (secondary N) is 1. The number of alkyl halides is 1. The molecule has 1 aliphatic rings. The first-order valence-electron chi connectivity index (χ1n) is 4.99. The second-order valence-electron chi connectivity index (χ2n) is 3.90. The Morgan fingerprint density at radius 2 is 2.64 bits per heavy atom. The zero-order valence-electron chi connectivity index (χ0n) is 8.24. The molecular weight excluding hydrogens is 244 g/mol. The van der Waals surface area contributed by atoms with Crippen molar-refractivity contribution in [3.63, 3.8) is 0 Å². The molecule has 78 valence electrons. The van der Waals surface area contributed by atoms with Crippen molar-refractivity contribution in [3.05, 3.63) is 18.2 Å². The highest BCUT2D eigenvalue weighted by molar-refractivity contribution is 9.09. The maximum atomic E-state index is 5.55. The van der Waals surface area contributed by atoms with Crippen LogP contribution in [0.2, 0.25) is 0 Å². The van der Waals surface area contributed by atoms with Crippen molar-refractivity contribution in [2.75, 3.05) is 6.61 Å². The molecule has 1 aromatic rings. The van der Waals surface area contributed by atoms with Crippen molar-refractivity contribution in [3.8, 4) is 0 Å². The van der Waals surface area contributed by atoms with Gasteiger partial charge in [-0.3, -0.25) is 0 Å². The van der Waals surface area contributed by atoms with Gasteiger partial charge < -0.3 is 9.72 Å². The van der Waals surface area contributed by atoms with Gasteiger partial charge >= 0.3 is 0 Å². The summed E-state index contributed by atoms with van der Waals surface area (Å²) in [5, 5.41) is 0. The molecule has 1 aromatic heterocycles. The molecule has 1 N–H and O–H groups in total. The largest absolute Gasteiger partial charge is 0.378 e. The molecule has 1 saturated heterocycles. The summed E-state index contributed by atoms with van der Waals surface area (Å²) < 4.78 is 5.55. The van der Waals surface area contributed by atoms with E-state index in [9.17, 15) is 0 Å². The first kappa shape index (κ1) is 10.2. The summed E-state index contributed by atoms with van der Waals surface area (Å²) in [5.74, 6) is 1.67. The Balaban J connectivity index is 1.87. The van der Waals surface area contributed by atoms with E-state index < -0.39 is 0 Å². The molecule has 1 fully saturated rings. The first-order valence-corrected chi connectivity index (χ1v) is 5.91. The van der Waals surface area contributed by atoms with Crippen LogP contribution in [0.15, 0.2) is 12.4 Å². The molecule has 0 saturated carbocycles. The lowest BCUT2D eigenvalue weighted by Gasteiger charge is -2.14. The van der Waals surface area contributed by atoms with Crippen LogP contribution in [-0.4, -0.2) is 27.5 Å². The molecule has 2 heterocycles. The van der Waals surface area contributed by atoms with Crippen LogP contribution in [0.3, 0.4) is 0 Å². The normalized spacial score (nSPS) is 29.3. The number of halogens is 1. The van der Waals surface area contributed by atoms with E-state index in [0.717, 1.165) is 25.3 Å². The fourth-order valence-corrected chi connectivity index (χ4v) is 2.54. The van der Waals surface area contributed by atoms with Gasteiger partial charge in [-0.15, -0.1) is 0 Å². The van der Waals surface area contributed by atoms with Crippen LogP contribution in [-0.2, 0) is 11.2 Å². The summed E-state index contributed by atoms with van der Waals surface area (Å²) in [4.78, 5) is 7.81. The van der Waals surface area contributed by atoms with Crippen molar-refractivity contribution in [2.24, 2.45) is 5.92 Å². The van der Waals surface area contributed by atoms with E-state index in [1.165, 1.54) is 0 Å². The fraction of sp³-hybridized carbons (Fsp3) is 0.700. The van der Waals surface area contributed by atoms with E-state index >= 15 is 0 Å². The number of rotatable bonds is 3. The van der Waals surface area contributed by atoms with E-state index in [-0.39, 0.29) is 0 Å². The molecule has 14 heavy (non-hydrogen) atoms. The van der Waals surface area contributed by atoms with E-state index in [0.29, 0.717) is 16.8 Å². The number of H-pyrrole nitrogens is 1. The average Bonchev–Trinajstić information content (AvgIpc) is 2.75. The molecular formula is C10H15BrN2O. The third-order valence-electron chi connectivity index (χ3n) is 2.68. The monoisotopic (exact) mass is 258 g/mol. The lowest BCUT2D eigenvalue weighted by molar-refractivity contribution is 0.120. The van der Waals surface area contributed by atoms with Gasteiger partial charge in [0.15, 0.2) is 0 Å². The number of aromatic nitrogens is 2. The highest BCUT2D eigenvalue weighted by Crippen LogP contribution is 2.28. The topological polar surface area (TPSA) is 37.9 Å². The van der Waals surface area contributed by atoms with Crippen molar-refractivity contribution in [1.29, 1.82) is 0 Å². The molecule has 2 rings (SSSR count). The minimum atomic E-state index is 0.414. The van der Waals surface area contributed by atoms with Crippen molar-refractivity contribution in [2.45, 2.75) is 30.7 Å². The molecule has 0 bridgehead atoms. The Morgan fingerprint density at radius 3 is 3.21 bits per heavy atom. The Kier molecular flexibility index (Phi) is 3.23. The highest BCUT2D eigenvalue weighted by atomic mass is 79.9. The van der Waals surface area contributed by atoms with Gasteiger partial charge in [0.25, 0.3) is 0 Å². The number of nitrogens with zero attached hydrogens (tertiary/aromatic N) is 1. The van der Waals surface area contributed by atoms with Gasteiger partial charge in [0.2, 0.25) is 0 Å². The van der Waals surface area contributed by atoms with E-state index in [2.05, 4.69) is 32.8 Å². The second-order valence-corrected chi connectivity index (χ2v) is 5.07.